The Balaban J connectivity index is 2.00. The second kappa shape index (κ2) is 6.01. The Morgan fingerprint density at radius 1 is 1.21 bits per heavy atom. The maximum atomic E-state index is 13.4. The van der Waals surface area contributed by atoms with Crippen molar-refractivity contribution in [2.75, 3.05) is 11.9 Å². The minimum atomic E-state index is -0.486. The van der Waals surface area contributed by atoms with Crippen LogP contribution in [0.2, 0.25) is 0 Å². The van der Waals surface area contributed by atoms with E-state index >= 15 is 0 Å². The number of hydrogen-bond acceptors (Lipinski definition) is 2. The van der Waals surface area contributed by atoms with Gasteiger partial charge in [-0.2, -0.15) is 5.26 Å². The van der Waals surface area contributed by atoms with Gasteiger partial charge in [-0.05, 0) is 29.7 Å². The van der Waals surface area contributed by atoms with Gasteiger partial charge in [-0.15, -0.1) is 0 Å². The first kappa shape index (κ1) is 13.1. The van der Waals surface area contributed by atoms with E-state index < -0.39 is 5.82 Å². The van der Waals surface area contributed by atoms with Crippen LogP contribution >= 0.6 is 0 Å². The standard InChI is InChI=1S/C16H15FN2/c1-12(13-5-3-2-4-6-13)11-19-15-8-7-14(10-18)16(17)9-15/h2-9,12,19H,11H2,1H3. The van der Waals surface area contributed by atoms with E-state index in [0.29, 0.717) is 11.6 Å². The van der Waals surface area contributed by atoms with Crippen LogP contribution in [0.25, 0.3) is 0 Å². The minimum Gasteiger partial charge on any atom is -0.384 e. The predicted molar refractivity (Wildman–Crippen MR) is 74.5 cm³/mol. The molecule has 0 aliphatic rings. The van der Waals surface area contributed by atoms with Crippen molar-refractivity contribution < 1.29 is 4.39 Å². The number of nitrogens with one attached hydrogen (secondary N) is 1. The zero-order valence-electron chi connectivity index (χ0n) is 10.7. The molecule has 2 nitrogen and oxygen atoms in total. The van der Waals surface area contributed by atoms with E-state index in [2.05, 4.69) is 24.4 Å². The van der Waals surface area contributed by atoms with Gasteiger partial charge in [0.15, 0.2) is 0 Å². The zero-order chi connectivity index (χ0) is 13.7. The Bertz CT molecular complexity index is 587. The van der Waals surface area contributed by atoms with Gasteiger partial charge in [0.1, 0.15) is 11.9 Å². The molecule has 0 heterocycles. The highest BCUT2D eigenvalue weighted by Crippen LogP contribution is 2.18. The van der Waals surface area contributed by atoms with Gasteiger partial charge in [0.25, 0.3) is 0 Å². The molecule has 0 aliphatic carbocycles. The molecule has 0 radical (unpaired) electrons. The van der Waals surface area contributed by atoms with Gasteiger partial charge in [-0.25, -0.2) is 4.39 Å². The molecule has 2 aromatic carbocycles. The Morgan fingerprint density at radius 2 is 1.95 bits per heavy atom. The number of nitriles is 1. The summed E-state index contributed by atoms with van der Waals surface area (Å²) in [4.78, 5) is 0. The number of nitrogens with zero attached hydrogens (tertiary/aromatic N) is 1. The normalized spacial score (nSPS) is 11.6. The van der Waals surface area contributed by atoms with E-state index in [1.165, 1.54) is 17.7 Å². The average Bonchev–Trinajstić information content (AvgIpc) is 2.46. The lowest BCUT2D eigenvalue weighted by atomic mass is 10.0. The number of halogens is 1. The van der Waals surface area contributed by atoms with Crippen LogP contribution in [-0.2, 0) is 0 Å². The number of anilines is 1. The van der Waals surface area contributed by atoms with Crippen molar-refractivity contribution >= 4 is 5.69 Å². The molecular formula is C16H15FN2. The third-order valence-corrected chi connectivity index (χ3v) is 3.07. The molecular weight excluding hydrogens is 239 g/mol. The highest BCUT2D eigenvalue weighted by molar-refractivity contribution is 5.48. The molecule has 19 heavy (non-hydrogen) atoms. The van der Waals surface area contributed by atoms with Gasteiger partial charge < -0.3 is 5.32 Å². The van der Waals surface area contributed by atoms with Gasteiger partial charge in [-0.3, -0.25) is 0 Å². The molecule has 0 fully saturated rings. The van der Waals surface area contributed by atoms with Crippen molar-refractivity contribution in [2.24, 2.45) is 0 Å². The summed E-state index contributed by atoms with van der Waals surface area (Å²) in [5.41, 5.74) is 2.00. The molecule has 0 bridgehead atoms. The quantitative estimate of drug-likeness (QED) is 0.897. The van der Waals surface area contributed by atoms with Crippen molar-refractivity contribution in [3.8, 4) is 6.07 Å². The molecule has 2 rings (SSSR count). The summed E-state index contributed by atoms with van der Waals surface area (Å²) in [6, 6.07) is 16.5. The van der Waals surface area contributed by atoms with Crippen LogP contribution in [0.4, 0.5) is 10.1 Å². The van der Waals surface area contributed by atoms with E-state index in [9.17, 15) is 4.39 Å². The molecule has 3 heteroatoms. The van der Waals surface area contributed by atoms with Crippen LogP contribution in [0.1, 0.15) is 24.0 Å². The van der Waals surface area contributed by atoms with Crippen LogP contribution in [0.5, 0.6) is 0 Å². The zero-order valence-corrected chi connectivity index (χ0v) is 10.7. The van der Waals surface area contributed by atoms with Gasteiger partial charge in [0.2, 0.25) is 0 Å². The first-order valence-electron chi connectivity index (χ1n) is 6.19. The van der Waals surface area contributed by atoms with Crippen LogP contribution in [0, 0.1) is 17.1 Å². The van der Waals surface area contributed by atoms with E-state index in [1.807, 2.05) is 24.3 Å². The third-order valence-electron chi connectivity index (χ3n) is 3.07. The predicted octanol–water partition coefficient (Wildman–Crippen LogP) is 3.91. The Kier molecular flexibility index (Phi) is 4.15. The molecule has 0 spiro atoms. The molecule has 0 saturated carbocycles. The molecule has 0 aromatic heterocycles. The van der Waals surface area contributed by atoms with E-state index in [0.717, 1.165) is 6.54 Å². The Hall–Kier alpha value is -2.34. The van der Waals surface area contributed by atoms with Crippen LogP contribution in [0.15, 0.2) is 48.5 Å². The van der Waals surface area contributed by atoms with Crippen molar-refractivity contribution in [3.05, 3.63) is 65.5 Å². The van der Waals surface area contributed by atoms with Gasteiger partial charge in [-0.1, -0.05) is 37.3 Å². The monoisotopic (exact) mass is 254 g/mol. The van der Waals surface area contributed by atoms with Gasteiger partial charge in [0.05, 0.1) is 5.56 Å². The Labute approximate surface area is 112 Å². The minimum absolute atomic E-state index is 0.0710. The fourth-order valence-corrected chi connectivity index (χ4v) is 1.89. The fourth-order valence-electron chi connectivity index (χ4n) is 1.89. The largest absolute Gasteiger partial charge is 0.384 e. The summed E-state index contributed by atoms with van der Waals surface area (Å²) in [6.45, 7) is 2.83. The van der Waals surface area contributed by atoms with E-state index in [1.54, 1.807) is 6.07 Å². The topological polar surface area (TPSA) is 35.8 Å². The molecule has 96 valence electrons. The molecule has 1 atom stereocenters. The van der Waals surface area contributed by atoms with E-state index in [-0.39, 0.29) is 5.56 Å². The summed E-state index contributed by atoms with van der Waals surface area (Å²) in [5, 5.41) is 11.9. The number of rotatable bonds is 4. The first-order valence-corrected chi connectivity index (χ1v) is 6.19. The third kappa shape index (κ3) is 3.32. The van der Waals surface area contributed by atoms with Gasteiger partial charge in [0, 0.05) is 12.2 Å². The molecule has 0 amide bonds. The smallest absolute Gasteiger partial charge is 0.143 e. The number of benzene rings is 2. The first-order chi connectivity index (χ1) is 9.20. The van der Waals surface area contributed by atoms with Crippen molar-refractivity contribution in [1.29, 1.82) is 5.26 Å². The number of hydrogen-bond donors (Lipinski definition) is 1. The summed E-state index contributed by atoms with van der Waals surface area (Å²) in [7, 11) is 0. The lowest BCUT2D eigenvalue weighted by Crippen LogP contribution is -2.10. The highest BCUT2D eigenvalue weighted by Gasteiger charge is 2.06. The summed E-state index contributed by atoms with van der Waals surface area (Å²) in [5.74, 6) is -0.153. The molecule has 1 N–H and O–H groups in total. The maximum absolute atomic E-state index is 13.4. The SMILES string of the molecule is CC(CNc1ccc(C#N)c(F)c1)c1ccccc1. The second-order valence-corrected chi connectivity index (χ2v) is 4.50. The average molecular weight is 254 g/mol. The van der Waals surface area contributed by atoms with E-state index in [4.69, 9.17) is 5.26 Å². The Morgan fingerprint density at radius 3 is 2.58 bits per heavy atom. The van der Waals surface area contributed by atoms with Crippen molar-refractivity contribution in [1.82, 2.24) is 0 Å². The summed E-state index contributed by atoms with van der Waals surface area (Å²) < 4.78 is 13.4. The second-order valence-electron chi connectivity index (χ2n) is 4.50. The van der Waals surface area contributed by atoms with Crippen molar-refractivity contribution in [3.63, 3.8) is 0 Å². The van der Waals surface area contributed by atoms with Gasteiger partial charge >= 0.3 is 0 Å². The molecule has 1 unspecified atom stereocenters. The molecule has 2 aromatic rings. The maximum Gasteiger partial charge on any atom is 0.143 e. The van der Waals surface area contributed by atoms with Crippen LogP contribution in [-0.4, -0.2) is 6.54 Å². The lowest BCUT2D eigenvalue weighted by molar-refractivity contribution is 0.624. The molecule has 0 saturated heterocycles. The summed E-state index contributed by atoms with van der Waals surface area (Å²) in [6.07, 6.45) is 0. The molecule has 0 aliphatic heterocycles. The van der Waals surface area contributed by atoms with Crippen molar-refractivity contribution in [2.45, 2.75) is 12.8 Å². The van der Waals surface area contributed by atoms with Crippen LogP contribution < -0.4 is 5.32 Å². The van der Waals surface area contributed by atoms with Crippen LogP contribution in [0.3, 0.4) is 0 Å². The lowest BCUT2D eigenvalue weighted by Gasteiger charge is -2.14. The summed E-state index contributed by atoms with van der Waals surface area (Å²) >= 11 is 0. The fraction of sp³-hybridized carbons (Fsp3) is 0.188. The highest BCUT2D eigenvalue weighted by atomic mass is 19.1.